The van der Waals surface area contributed by atoms with Gasteiger partial charge in [0.25, 0.3) is 5.56 Å². The Kier molecular flexibility index (Phi) is 3.77. The fourth-order valence-electron chi connectivity index (χ4n) is 4.64. The summed E-state index contributed by atoms with van der Waals surface area (Å²) in [4.78, 5) is 27.3. The summed E-state index contributed by atoms with van der Waals surface area (Å²) in [6.07, 6.45) is 2.96. The molecule has 9 nitrogen and oxygen atoms in total. The molecule has 0 N–H and O–H groups in total. The first-order chi connectivity index (χ1) is 15.0. The van der Waals surface area contributed by atoms with E-state index in [0.717, 1.165) is 6.07 Å². The van der Waals surface area contributed by atoms with E-state index < -0.39 is 11.6 Å². The first-order valence-corrected chi connectivity index (χ1v) is 9.89. The van der Waals surface area contributed by atoms with Gasteiger partial charge in [-0.1, -0.05) is 11.2 Å². The molecule has 4 heterocycles. The maximum absolute atomic E-state index is 14.1. The molecule has 4 aromatic rings. The van der Waals surface area contributed by atoms with Gasteiger partial charge in [0.2, 0.25) is 5.89 Å². The minimum absolute atomic E-state index is 0.114. The van der Waals surface area contributed by atoms with E-state index in [-0.39, 0.29) is 35.5 Å². The molecule has 3 atom stereocenters. The minimum atomic E-state index is -0.841. The van der Waals surface area contributed by atoms with Crippen LogP contribution < -0.4 is 10.5 Å². The fraction of sp³-hybridized carbons (Fsp3) is 0.350. The number of benzene rings is 1. The van der Waals surface area contributed by atoms with Crippen molar-refractivity contribution in [3.8, 4) is 0 Å². The van der Waals surface area contributed by atoms with Crippen molar-refractivity contribution < 1.29 is 13.3 Å². The van der Waals surface area contributed by atoms with Gasteiger partial charge in [0.05, 0.1) is 12.0 Å². The maximum atomic E-state index is 14.1. The smallest absolute Gasteiger partial charge is 0.280 e. The summed E-state index contributed by atoms with van der Waals surface area (Å²) < 4.78 is 36.0. The number of nitrogens with zero attached hydrogens (tertiary/aromatic N) is 7. The number of aryl methyl sites for hydroxylation is 1. The van der Waals surface area contributed by atoms with Crippen LogP contribution in [0.3, 0.4) is 0 Å². The third kappa shape index (κ3) is 2.76. The van der Waals surface area contributed by atoms with Crippen molar-refractivity contribution in [2.75, 3.05) is 18.0 Å². The van der Waals surface area contributed by atoms with Gasteiger partial charge >= 0.3 is 0 Å². The molecule has 6 rings (SSSR count). The van der Waals surface area contributed by atoms with Crippen LogP contribution in [0.1, 0.15) is 17.6 Å². The van der Waals surface area contributed by atoms with Crippen molar-refractivity contribution in [2.24, 2.45) is 18.9 Å². The number of rotatable bonds is 4. The van der Waals surface area contributed by atoms with Crippen molar-refractivity contribution in [3.63, 3.8) is 0 Å². The Bertz CT molecular complexity index is 1370. The van der Waals surface area contributed by atoms with E-state index in [0.29, 0.717) is 36.0 Å². The largest absolute Gasteiger partial charge is 0.368 e. The summed E-state index contributed by atoms with van der Waals surface area (Å²) >= 11 is 0. The molecule has 0 bridgehead atoms. The normalized spacial score (nSPS) is 22.3. The monoisotopic (exact) mass is 425 g/mol. The Morgan fingerprint density at radius 2 is 1.94 bits per heavy atom. The van der Waals surface area contributed by atoms with Crippen molar-refractivity contribution >= 4 is 16.9 Å². The predicted molar refractivity (Wildman–Crippen MR) is 104 cm³/mol. The third-order valence-corrected chi connectivity index (χ3v) is 6.25. The molecule has 1 aliphatic carbocycles. The van der Waals surface area contributed by atoms with Crippen LogP contribution in [0, 0.1) is 23.5 Å². The topological polar surface area (TPSA) is 94.9 Å². The van der Waals surface area contributed by atoms with Gasteiger partial charge in [0, 0.05) is 26.1 Å². The number of hydrogen-bond donors (Lipinski definition) is 0. The SMILES string of the molecule is Cn1cnc2ncn(Cc3nc(C4C5CN(c6cccc(F)c6F)C[C@@H]54)no3)c(=O)c21. The average molecular weight is 425 g/mol. The predicted octanol–water partition coefficient (Wildman–Crippen LogP) is 1.69. The number of piperidine rings is 1. The van der Waals surface area contributed by atoms with E-state index >= 15 is 0 Å². The van der Waals surface area contributed by atoms with Gasteiger partial charge in [0.1, 0.15) is 12.9 Å². The van der Waals surface area contributed by atoms with E-state index in [1.54, 1.807) is 24.0 Å². The molecule has 0 spiro atoms. The molecule has 0 radical (unpaired) electrons. The lowest BCUT2D eigenvalue weighted by Gasteiger charge is -2.22. The Hall–Kier alpha value is -3.63. The van der Waals surface area contributed by atoms with Crippen molar-refractivity contribution in [1.29, 1.82) is 0 Å². The molecular formula is C20H17F2N7O2. The summed E-state index contributed by atoms with van der Waals surface area (Å²) in [5, 5.41) is 4.09. The van der Waals surface area contributed by atoms with E-state index in [9.17, 15) is 13.6 Å². The van der Waals surface area contributed by atoms with E-state index in [2.05, 4.69) is 20.1 Å². The fourth-order valence-corrected chi connectivity index (χ4v) is 4.64. The van der Waals surface area contributed by atoms with Crippen LogP contribution in [0.4, 0.5) is 14.5 Å². The second kappa shape index (κ2) is 6.43. The van der Waals surface area contributed by atoms with Crippen molar-refractivity contribution in [2.45, 2.75) is 12.5 Å². The Labute approximate surface area is 173 Å². The van der Waals surface area contributed by atoms with Crippen LogP contribution in [0.15, 0.2) is 40.2 Å². The first-order valence-electron chi connectivity index (χ1n) is 9.89. The number of hydrogen-bond acceptors (Lipinski definition) is 7. The second-order valence-corrected chi connectivity index (χ2v) is 8.08. The molecule has 31 heavy (non-hydrogen) atoms. The van der Waals surface area contributed by atoms with Gasteiger partial charge in [-0.05, 0) is 24.0 Å². The van der Waals surface area contributed by atoms with Crippen LogP contribution in [0.2, 0.25) is 0 Å². The molecule has 2 aliphatic rings. The van der Waals surface area contributed by atoms with Gasteiger partial charge < -0.3 is 14.0 Å². The molecular weight excluding hydrogens is 408 g/mol. The van der Waals surface area contributed by atoms with E-state index in [4.69, 9.17) is 4.52 Å². The number of halogens is 2. The van der Waals surface area contributed by atoms with Gasteiger partial charge in [-0.25, -0.2) is 18.7 Å². The summed E-state index contributed by atoms with van der Waals surface area (Å²) in [6, 6.07) is 4.22. The van der Waals surface area contributed by atoms with Crippen molar-refractivity contribution in [3.05, 3.63) is 64.6 Å². The van der Waals surface area contributed by atoms with Crippen LogP contribution >= 0.6 is 0 Å². The van der Waals surface area contributed by atoms with Crippen LogP contribution in [0.5, 0.6) is 0 Å². The standard InChI is InChI=1S/C20H17F2N7O2/c1-27-8-23-19-17(27)20(30)29(9-24-19)7-14-25-18(26-31-14)15-10-5-28(6-11(10)15)13-4-2-3-12(21)16(13)22/h2-4,8-11,15H,5-7H2,1H3/t10-,11?,15?/m0/s1. The van der Waals surface area contributed by atoms with Gasteiger partial charge in [0.15, 0.2) is 28.6 Å². The molecule has 1 aliphatic heterocycles. The molecule has 1 aromatic carbocycles. The molecule has 3 aromatic heterocycles. The van der Waals surface area contributed by atoms with Crippen molar-refractivity contribution in [1.82, 2.24) is 29.2 Å². The number of imidazole rings is 1. The zero-order valence-electron chi connectivity index (χ0n) is 16.4. The number of anilines is 1. The summed E-state index contributed by atoms with van der Waals surface area (Å²) in [6.45, 7) is 1.34. The quantitative estimate of drug-likeness (QED) is 0.491. The molecule has 158 valence electrons. The average Bonchev–Trinajstić information content (AvgIpc) is 3.18. The van der Waals surface area contributed by atoms with Crippen LogP contribution in [-0.2, 0) is 13.6 Å². The van der Waals surface area contributed by atoms with Gasteiger partial charge in [-0.3, -0.25) is 9.36 Å². The molecule has 11 heteroatoms. The van der Waals surface area contributed by atoms with Gasteiger partial charge in [-0.2, -0.15) is 4.98 Å². The molecule has 0 amide bonds. The summed E-state index contributed by atoms with van der Waals surface area (Å²) in [5.41, 5.74) is 0.849. The van der Waals surface area contributed by atoms with Crippen LogP contribution in [-0.4, -0.2) is 42.3 Å². The van der Waals surface area contributed by atoms with Crippen LogP contribution in [0.25, 0.3) is 11.2 Å². The minimum Gasteiger partial charge on any atom is -0.368 e. The highest BCUT2D eigenvalue weighted by atomic mass is 19.2. The Morgan fingerprint density at radius 3 is 2.74 bits per heavy atom. The highest BCUT2D eigenvalue weighted by molar-refractivity contribution is 5.68. The Morgan fingerprint density at radius 1 is 1.16 bits per heavy atom. The number of aromatic nitrogens is 6. The zero-order valence-corrected chi connectivity index (χ0v) is 16.4. The molecule has 1 saturated heterocycles. The lowest BCUT2D eigenvalue weighted by Crippen LogP contribution is -2.25. The lowest BCUT2D eigenvalue weighted by molar-refractivity contribution is 0.363. The molecule has 1 saturated carbocycles. The van der Waals surface area contributed by atoms with E-state index in [1.807, 2.05) is 4.90 Å². The second-order valence-electron chi connectivity index (χ2n) is 8.08. The highest BCUT2D eigenvalue weighted by Gasteiger charge is 2.58. The van der Waals surface area contributed by atoms with Gasteiger partial charge in [-0.15, -0.1) is 0 Å². The summed E-state index contributed by atoms with van der Waals surface area (Å²) in [5.74, 6) is -0.0881. The number of fused-ring (bicyclic) bond motifs is 2. The Balaban J connectivity index is 1.17. The molecule has 2 fully saturated rings. The first kappa shape index (κ1) is 18.2. The third-order valence-electron chi connectivity index (χ3n) is 6.25. The summed E-state index contributed by atoms with van der Waals surface area (Å²) in [7, 11) is 1.73. The molecule has 2 unspecified atom stereocenters. The lowest BCUT2D eigenvalue weighted by atomic mass is 10.2. The van der Waals surface area contributed by atoms with E-state index in [1.165, 1.54) is 17.0 Å². The zero-order chi connectivity index (χ0) is 21.3. The maximum Gasteiger partial charge on any atom is 0.280 e. The highest BCUT2D eigenvalue weighted by Crippen LogP contribution is 2.58.